The minimum absolute atomic E-state index is 0.0558. The summed E-state index contributed by atoms with van der Waals surface area (Å²) in [7, 11) is 0. The second-order valence-corrected chi connectivity index (χ2v) is 4.54. The van der Waals surface area contributed by atoms with E-state index in [0.29, 0.717) is 5.56 Å². The van der Waals surface area contributed by atoms with E-state index in [4.69, 9.17) is 11.6 Å². The predicted molar refractivity (Wildman–Crippen MR) is 78.5 cm³/mol. The number of benzene rings is 2. The molecule has 0 fully saturated rings. The van der Waals surface area contributed by atoms with Gasteiger partial charge in [0.15, 0.2) is 0 Å². The minimum Gasteiger partial charge on any atom is -0.374 e. The van der Waals surface area contributed by atoms with E-state index in [1.165, 1.54) is 24.3 Å². The van der Waals surface area contributed by atoms with Gasteiger partial charge in [-0.3, -0.25) is 20.2 Å². The van der Waals surface area contributed by atoms with Crippen molar-refractivity contribution in [2.45, 2.75) is 6.54 Å². The smallest absolute Gasteiger partial charge is 0.293 e. The SMILES string of the molecule is O=[N+]([O-])c1ccccc1CNc1c(Cl)cccc1[N+](=O)[O-]. The molecule has 0 aliphatic heterocycles. The van der Waals surface area contributed by atoms with Gasteiger partial charge in [-0.15, -0.1) is 0 Å². The Balaban J connectivity index is 2.29. The van der Waals surface area contributed by atoms with Crippen LogP contribution in [0.15, 0.2) is 42.5 Å². The third kappa shape index (κ3) is 3.26. The first-order valence-corrected chi connectivity index (χ1v) is 6.27. The Kier molecular flexibility index (Phi) is 4.34. The summed E-state index contributed by atoms with van der Waals surface area (Å²) in [5, 5.41) is 24.9. The van der Waals surface area contributed by atoms with Crippen LogP contribution in [-0.2, 0) is 6.54 Å². The maximum absolute atomic E-state index is 11.0. The van der Waals surface area contributed by atoms with Crippen molar-refractivity contribution in [3.8, 4) is 0 Å². The first-order chi connectivity index (χ1) is 10.0. The molecule has 2 aromatic carbocycles. The van der Waals surface area contributed by atoms with Crippen LogP contribution in [0.4, 0.5) is 17.1 Å². The highest BCUT2D eigenvalue weighted by Crippen LogP contribution is 2.32. The topological polar surface area (TPSA) is 98.3 Å². The number of hydrogen-bond donors (Lipinski definition) is 1. The van der Waals surface area contributed by atoms with Gasteiger partial charge < -0.3 is 5.32 Å². The summed E-state index contributed by atoms with van der Waals surface area (Å²) in [6, 6.07) is 10.5. The molecule has 0 aliphatic carbocycles. The van der Waals surface area contributed by atoms with E-state index in [1.54, 1.807) is 18.2 Å². The second-order valence-electron chi connectivity index (χ2n) is 4.13. The quantitative estimate of drug-likeness (QED) is 0.669. The van der Waals surface area contributed by atoms with Crippen molar-refractivity contribution in [1.29, 1.82) is 0 Å². The van der Waals surface area contributed by atoms with Crippen LogP contribution in [-0.4, -0.2) is 9.85 Å². The zero-order valence-electron chi connectivity index (χ0n) is 10.7. The van der Waals surface area contributed by atoms with Crippen LogP contribution in [0.1, 0.15) is 5.56 Å². The van der Waals surface area contributed by atoms with Gasteiger partial charge in [-0.25, -0.2) is 0 Å². The fourth-order valence-corrected chi connectivity index (χ4v) is 2.10. The summed E-state index contributed by atoms with van der Waals surface area (Å²) in [6.45, 7) is 0.0573. The molecule has 2 aromatic rings. The summed E-state index contributed by atoms with van der Waals surface area (Å²) >= 11 is 5.94. The minimum atomic E-state index is -0.562. The van der Waals surface area contributed by atoms with Crippen molar-refractivity contribution in [2.24, 2.45) is 0 Å². The van der Waals surface area contributed by atoms with Gasteiger partial charge in [-0.05, 0) is 6.07 Å². The fraction of sp³-hybridized carbons (Fsp3) is 0.0769. The molecule has 0 aromatic heterocycles. The summed E-state index contributed by atoms with van der Waals surface area (Å²) in [4.78, 5) is 20.8. The third-order valence-corrected chi connectivity index (χ3v) is 3.15. The molecule has 0 unspecified atom stereocenters. The number of para-hydroxylation sites is 2. The standard InChI is InChI=1S/C13H10ClN3O4/c14-10-5-3-7-12(17(20)21)13(10)15-8-9-4-1-2-6-11(9)16(18)19/h1-7,15H,8H2. The first-order valence-electron chi connectivity index (χ1n) is 5.89. The average molecular weight is 308 g/mol. The average Bonchev–Trinajstić information content (AvgIpc) is 2.45. The van der Waals surface area contributed by atoms with Gasteiger partial charge in [0, 0.05) is 24.2 Å². The summed E-state index contributed by atoms with van der Waals surface area (Å²) in [5.74, 6) is 0. The zero-order valence-corrected chi connectivity index (χ0v) is 11.4. The molecule has 1 N–H and O–H groups in total. The zero-order chi connectivity index (χ0) is 15.4. The molecule has 0 radical (unpaired) electrons. The molecule has 8 heteroatoms. The molecule has 21 heavy (non-hydrogen) atoms. The molecule has 0 spiro atoms. The maximum atomic E-state index is 11.0. The second kappa shape index (κ2) is 6.19. The number of rotatable bonds is 5. The van der Waals surface area contributed by atoms with Crippen LogP contribution < -0.4 is 5.32 Å². The molecule has 0 aliphatic rings. The number of nitrogens with one attached hydrogen (secondary N) is 1. The van der Waals surface area contributed by atoms with Crippen molar-refractivity contribution in [2.75, 3.05) is 5.32 Å². The van der Waals surface area contributed by atoms with Crippen LogP contribution in [0.2, 0.25) is 5.02 Å². The molecule has 2 rings (SSSR count). The lowest BCUT2D eigenvalue weighted by molar-refractivity contribution is -0.385. The number of anilines is 1. The van der Waals surface area contributed by atoms with Gasteiger partial charge in [0.05, 0.1) is 14.9 Å². The van der Waals surface area contributed by atoms with E-state index in [2.05, 4.69) is 5.32 Å². The number of hydrogen-bond acceptors (Lipinski definition) is 5. The largest absolute Gasteiger partial charge is 0.374 e. The number of nitro benzene ring substituents is 2. The van der Waals surface area contributed by atoms with E-state index >= 15 is 0 Å². The van der Waals surface area contributed by atoms with Crippen molar-refractivity contribution < 1.29 is 9.85 Å². The molecule has 0 bridgehead atoms. The van der Waals surface area contributed by atoms with Gasteiger partial charge in [0.25, 0.3) is 11.4 Å². The summed E-state index contributed by atoms with van der Waals surface area (Å²) < 4.78 is 0. The van der Waals surface area contributed by atoms with Gasteiger partial charge in [0.2, 0.25) is 0 Å². The fourth-order valence-electron chi connectivity index (χ4n) is 1.86. The molecule has 0 saturated heterocycles. The highest BCUT2D eigenvalue weighted by molar-refractivity contribution is 6.33. The normalized spacial score (nSPS) is 10.1. The molecular formula is C13H10ClN3O4. The number of nitrogens with zero attached hydrogens (tertiary/aromatic N) is 2. The molecule has 7 nitrogen and oxygen atoms in total. The Hall–Kier alpha value is -2.67. The van der Waals surface area contributed by atoms with E-state index < -0.39 is 9.85 Å². The van der Waals surface area contributed by atoms with Crippen LogP contribution in [0.25, 0.3) is 0 Å². The van der Waals surface area contributed by atoms with E-state index in [9.17, 15) is 20.2 Å². The monoisotopic (exact) mass is 307 g/mol. The summed E-state index contributed by atoms with van der Waals surface area (Å²) in [6.07, 6.45) is 0. The Morgan fingerprint density at radius 1 is 0.952 bits per heavy atom. The van der Waals surface area contributed by atoms with Gasteiger partial charge in [-0.1, -0.05) is 35.9 Å². The van der Waals surface area contributed by atoms with E-state index in [-0.39, 0.29) is 28.6 Å². The first kappa shape index (κ1) is 14.7. The van der Waals surface area contributed by atoms with Crippen LogP contribution in [0.3, 0.4) is 0 Å². The van der Waals surface area contributed by atoms with E-state index in [0.717, 1.165) is 0 Å². The molecule has 0 atom stereocenters. The van der Waals surface area contributed by atoms with Gasteiger partial charge in [-0.2, -0.15) is 0 Å². The maximum Gasteiger partial charge on any atom is 0.293 e. The molecule has 108 valence electrons. The van der Waals surface area contributed by atoms with E-state index in [1.807, 2.05) is 0 Å². The molecular weight excluding hydrogens is 298 g/mol. The lowest BCUT2D eigenvalue weighted by Crippen LogP contribution is -2.05. The predicted octanol–water partition coefficient (Wildman–Crippen LogP) is 3.77. The Labute approximate surface area is 124 Å². The van der Waals surface area contributed by atoms with Crippen LogP contribution in [0, 0.1) is 20.2 Å². The Morgan fingerprint density at radius 3 is 2.24 bits per heavy atom. The lowest BCUT2D eigenvalue weighted by atomic mass is 10.1. The lowest BCUT2D eigenvalue weighted by Gasteiger charge is -2.09. The van der Waals surface area contributed by atoms with Crippen LogP contribution >= 0.6 is 11.6 Å². The Bertz CT molecular complexity index is 706. The number of nitro groups is 2. The van der Waals surface area contributed by atoms with Gasteiger partial charge in [0.1, 0.15) is 5.69 Å². The van der Waals surface area contributed by atoms with Crippen molar-refractivity contribution >= 4 is 28.7 Å². The number of halogens is 1. The molecule has 0 saturated carbocycles. The van der Waals surface area contributed by atoms with Crippen molar-refractivity contribution in [1.82, 2.24) is 0 Å². The highest BCUT2D eigenvalue weighted by Gasteiger charge is 2.18. The van der Waals surface area contributed by atoms with Crippen LogP contribution in [0.5, 0.6) is 0 Å². The summed E-state index contributed by atoms with van der Waals surface area (Å²) in [5.41, 5.74) is 0.319. The highest BCUT2D eigenvalue weighted by atomic mass is 35.5. The van der Waals surface area contributed by atoms with Crippen molar-refractivity contribution in [3.63, 3.8) is 0 Å². The Morgan fingerprint density at radius 2 is 1.57 bits per heavy atom. The van der Waals surface area contributed by atoms with Gasteiger partial charge >= 0.3 is 0 Å². The third-order valence-electron chi connectivity index (χ3n) is 2.83. The van der Waals surface area contributed by atoms with Crippen molar-refractivity contribution in [3.05, 3.63) is 73.3 Å². The molecule has 0 amide bonds. The molecule has 0 heterocycles.